The van der Waals surface area contributed by atoms with E-state index < -0.39 is 4.92 Å². The van der Waals surface area contributed by atoms with Crippen molar-refractivity contribution in [3.63, 3.8) is 0 Å². The highest BCUT2D eigenvalue weighted by molar-refractivity contribution is 9.10. The Morgan fingerprint density at radius 2 is 1.86 bits per heavy atom. The van der Waals surface area contributed by atoms with Crippen molar-refractivity contribution in [3.05, 3.63) is 55.5 Å². The zero-order valence-electron chi connectivity index (χ0n) is 16.2. The van der Waals surface area contributed by atoms with E-state index in [2.05, 4.69) is 26.6 Å². The molecule has 0 aromatic heterocycles. The summed E-state index contributed by atoms with van der Waals surface area (Å²) in [6.07, 6.45) is 0. The molecule has 0 aliphatic carbocycles. The molecule has 0 saturated heterocycles. The van der Waals surface area contributed by atoms with Gasteiger partial charge in [0.1, 0.15) is 0 Å². The Hall–Kier alpha value is -1.74. The fourth-order valence-electron chi connectivity index (χ4n) is 2.55. The SMILES string of the molecule is CCOc1cc(CNCCNc2ccc([N+](=O)[O-])cc2Cl)cc(Br)c1OCC.Cl. The van der Waals surface area contributed by atoms with Crippen LogP contribution in [0, 0.1) is 10.1 Å². The van der Waals surface area contributed by atoms with E-state index in [1.807, 2.05) is 26.0 Å². The van der Waals surface area contributed by atoms with E-state index in [0.29, 0.717) is 55.1 Å². The first-order valence-electron chi connectivity index (χ1n) is 8.92. The van der Waals surface area contributed by atoms with Crippen LogP contribution in [0.1, 0.15) is 19.4 Å². The lowest BCUT2D eigenvalue weighted by molar-refractivity contribution is -0.384. The van der Waals surface area contributed by atoms with Gasteiger partial charge in [0.25, 0.3) is 5.69 Å². The van der Waals surface area contributed by atoms with Crippen molar-refractivity contribution < 1.29 is 14.4 Å². The highest BCUT2D eigenvalue weighted by Crippen LogP contribution is 2.37. The lowest BCUT2D eigenvalue weighted by Crippen LogP contribution is -2.22. The second-order valence-corrected chi connectivity index (χ2v) is 7.06. The predicted molar refractivity (Wildman–Crippen MR) is 122 cm³/mol. The first-order chi connectivity index (χ1) is 13.5. The molecule has 0 aliphatic rings. The van der Waals surface area contributed by atoms with Crippen LogP contribution in [-0.4, -0.2) is 31.2 Å². The van der Waals surface area contributed by atoms with E-state index in [9.17, 15) is 10.1 Å². The molecule has 0 spiro atoms. The molecule has 0 amide bonds. The molecule has 160 valence electrons. The largest absolute Gasteiger partial charge is 0.490 e. The van der Waals surface area contributed by atoms with Crippen LogP contribution >= 0.6 is 39.9 Å². The van der Waals surface area contributed by atoms with Crippen LogP contribution in [0.25, 0.3) is 0 Å². The van der Waals surface area contributed by atoms with E-state index >= 15 is 0 Å². The highest BCUT2D eigenvalue weighted by Gasteiger charge is 2.12. The van der Waals surface area contributed by atoms with Crippen molar-refractivity contribution in [2.24, 2.45) is 0 Å². The van der Waals surface area contributed by atoms with E-state index in [1.165, 1.54) is 12.1 Å². The van der Waals surface area contributed by atoms with Crippen LogP contribution in [0.2, 0.25) is 5.02 Å². The van der Waals surface area contributed by atoms with Crippen LogP contribution in [0.5, 0.6) is 11.5 Å². The van der Waals surface area contributed by atoms with Crippen molar-refractivity contribution in [3.8, 4) is 11.5 Å². The number of hydrogen-bond donors (Lipinski definition) is 2. The summed E-state index contributed by atoms with van der Waals surface area (Å²) in [5, 5.41) is 17.6. The molecular formula is C19H24BrCl2N3O4. The molecule has 0 radical (unpaired) electrons. The quantitative estimate of drug-likeness (QED) is 0.239. The van der Waals surface area contributed by atoms with Crippen molar-refractivity contribution >= 4 is 51.3 Å². The molecule has 0 heterocycles. The van der Waals surface area contributed by atoms with Gasteiger partial charge in [0, 0.05) is 31.8 Å². The van der Waals surface area contributed by atoms with Crippen molar-refractivity contribution in [1.29, 1.82) is 0 Å². The monoisotopic (exact) mass is 507 g/mol. The second-order valence-electron chi connectivity index (χ2n) is 5.80. The van der Waals surface area contributed by atoms with Gasteiger partial charge in [0.2, 0.25) is 0 Å². The summed E-state index contributed by atoms with van der Waals surface area (Å²) in [7, 11) is 0. The van der Waals surface area contributed by atoms with Crippen molar-refractivity contribution in [2.75, 3.05) is 31.6 Å². The van der Waals surface area contributed by atoms with Crippen molar-refractivity contribution in [1.82, 2.24) is 5.32 Å². The summed E-state index contributed by atoms with van der Waals surface area (Å²) in [5.41, 5.74) is 1.70. The number of nitro benzene ring substituents is 1. The molecule has 2 aromatic carbocycles. The van der Waals surface area contributed by atoms with Crippen LogP contribution in [0.4, 0.5) is 11.4 Å². The van der Waals surface area contributed by atoms with Crippen LogP contribution in [0.15, 0.2) is 34.8 Å². The van der Waals surface area contributed by atoms with Crippen LogP contribution in [0.3, 0.4) is 0 Å². The average Bonchev–Trinajstić information content (AvgIpc) is 2.65. The fraction of sp³-hybridized carbons (Fsp3) is 0.368. The minimum atomic E-state index is -0.470. The van der Waals surface area contributed by atoms with Crippen molar-refractivity contribution in [2.45, 2.75) is 20.4 Å². The lowest BCUT2D eigenvalue weighted by atomic mass is 10.2. The van der Waals surface area contributed by atoms with Crippen LogP contribution < -0.4 is 20.1 Å². The Morgan fingerprint density at radius 1 is 1.14 bits per heavy atom. The Morgan fingerprint density at radius 3 is 2.48 bits per heavy atom. The Bertz CT molecular complexity index is 824. The van der Waals surface area contributed by atoms with E-state index in [1.54, 1.807) is 6.07 Å². The van der Waals surface area contributed by atoms with Gasteiger partial charge in [-0.2, -0.15) is 0 Å². The second kappa shape index (κ2) is 12.7. The number of rotatable bonds is 11. The molecule has 0 bridgehead atoms. The van der Waals surface area contributed by atoms with Gasteiger partial charge in [0.15, 0.2) is 11.5 Å². The lowest BCUT2D eigenvalue weighted by Gasteiger charge is -2.15. The summed E-state index contributed by atoms with van der Waals surface area (Å²) < 4.78 is 12.2. The third-order valence-corrected chi connectivity index (χ3v) is 4.67. The molecule has 0 fully saturated rings. The number of nitrogens with one attached hydrogen (secondary N) is 2. The fourth-order valence-corrected chi connectivity index (χ4v) is 3.40. The molecule has 29 heavy (non-hydrogen) atoms. The van der Waals surface area contributed by atoms with Gasteiger partial charge in [-0.1, -0.05) is 11.6 Å². The number of hydrogen-bond acceptors (Lipinski definition) is 6. The molecule has 0 unspecified atom stereocenters. The topological polar surface area (TPSA) is 85.7 Å². The first-order valence-corrected chi connectivity index (χ1v) is 10.1. The summed E-state index contributed by atoms with van der Waals surface area (Å²) in [5.74, 6) is 1.42. The number of nitro groups is 1. The molecule has 7 nitrogen and oxygen atoms in total. The highest BCUT2D eigenvalue weighted by atomic mass is 79.9. The standard InChI is InChI=1S/C19H23BrClN3O4.ClH/c1-3-27-18-10-13(9-15(20)19(18)28-4-2)12-22-7-8-23-17-6-5-14(24(25)26)11-16(17)21;/h5-6,9-11,22-23H,3-4,7-8,12H2,1-2H3;1H. The van der Waals surface area contributed by atoms with Gasteiger partial charge >= 0.3 is 0 Å². The van der Waals surface area contributed by atoms with Gasteiger partial charge in [-0.25, -0.2) is 0 Å². The zero-order valence-corrected chi connectivity index (χ0v) is 19.3. The number of ether oxygens (including phenoxy) is 2. The molecular weight excluding hydrogens is 485 g/mol. The number of nitrogens with zero attached hydrogens (tertiary/aromatic N) is 1. The average molecular weight is 509 g/mol. The maximum absolute atomic E-state index is 10.7. The smallest absolute Gasteiger partial charge is 0.271 e. The number of non-ortho nitro benzene ring substituents is 1. The zero-order chi connectivity index (χ0) is 20.5. The van der Waals surface area contributed by atoms with E-state index in [4.69, 9.17) is 21.1 Å². The van der Waals surface area contributed by atoms with Gasteiger partial charge in [-0.15, -0.1) is 12.4 Å². The summed E-state index contributed by atoms with van der Waals surface area (Å²) in [6.45, 7) is 6.94. The molecule has 0 atom stereocenters. The third kappa shape index (κ3) is 7.54. The molecule has 2 N–H and O–H groups in total. The maximum atomic E-state index is 10.7. The Labute approximate surface area is 189 Å². The van der Waals surface area contributed by atoms with Gasteiger partial charge in [-0.05, 0) is 53.5 Å². The van der Waals surface area contributed by atoms with E-state index in [-0.39, 0.29) is 18.1 Å². The van der Waals surface area contributed by atoms with Gasteiger partial charge in [-0.3, -0.25) is 10.1 Å². The minimum absolute atomic E-state index is 0. The Kier molecular flexibility index (Phi) is 11.1. The molecule has 10 heteroatoms. The molecule has 2 rings (SSSR count). The predicted octanol–water partition coefficient (Wildman–Crippen LogP) is 5.43. The number of anilines is 1. The molecule has 0 saturated carbocycles. The van der Waals surface area contributed by atoms with Gasteiger partial charge < -0.3 is 20.1 Å². The molecule has 0 aliphatic heterocycles. The van der Waals surface area contributed by atoms with E-state index in [0.717, 1.165) is 10.0 Å². The minimum Gasteiger partial charge on any atom is -0.490 e. The summed E-state index contributed by atoms with van der Waals surface area (Å²) >= 11 is 9.61. The first kappa shape index (κ1) is 25.3. The van der Waals surface area contributed by atoms with Crippen LogP contribution in [-0.2, 0) is 6.54 Å². The van der Waals surface area contributed by atoms with Gasteiger partial charge in [0.05, 0.1) is 33.3 Å². The Balaban J connectivity index is 0.00000420. The third-order valence-electron chi connectivity index (χ3n) is 3.77. The number of benzene rings is 2. The normalized spacial score (nSPS) is 10.2. The number of halogens is 3. The summed E-state index contributed by atoms with van der Waals surface area (Å²) in [4.78, 5) is 10.3. The maximum Gasteiger partial charge on any atom is 0.271 e. The molecule has 2 aromatic rings. The summed E-state index contributed by atoms with van der Waals surface area (Å²) in [6, 6.07) is 8.34.